The van der Waals surface area contributed by atoms with Crippen molar-refractivity contribution in [3.63, 3.8) is 0 Å². The first-order valence-corrected chi connectivity index (χ1v) is 7.45. The number of amides is 1. The highest BCUT2D eigenvalue weighted by Gasteiger charge is 2.16. The van der Waals surface area contributed by atoms with Crippen LogP contribution in [0.15, 0.2) is 53.6 Å². The van der Waals surface area contributed by atoms with Crippen LogP contribution in [0.3, 0.4) is 0 Å². The predicted octanol–water partition coefficient (Wildman–Crippen LogP) is 2.51. The van der Waals surface area contributed by atoms with Gasteiger partial charge in [-0.05, 0) is 30.7 Å². The second-order valence-electron chi connectivity index (χ2n) is 5.55. The summed E-state index contributed by atoms with van der Waals surface area (Å²) in [5, 5.41) is 0.457. The molecule has 5 nitrogen and oxygen atoms in total. The van der Waals surface area contributed by atoms with Crippen molar-refractivity contribution in [1.82, 2.24) is 9.55 Å². The molecule has 0 N–H and O–H groups in total. The smallest absolute Gasteiger partial charge is 0.261 e. The summed E-state index contributed by atoms with van der Waals surface area (Å²) in [7, 11) is 1.48. The van der Waals surface area contributed by atoms with E-state index >= 15 is 0 Å². The molecular weight excluding hydrogens is 309 g/mol. The third-order valence-electron chi connectivity index (χ3n) is 3.95. The molecule has 0 aliphatic rings. The molecule has 24 heavy (non-hydrogen) atoms. The molecule has 122 valence electrons. The molecule has 0 saturated heterocycles. The molecule has 0 aliphatic heterocycles. The number of nitrogens with zero attached hydrogens (tertiary/aromatic N) is 3. The minimum atomic E-state index is -0.493. The lowest BCUT2D eigenvalue weighted by Crippen LogP contribution is -2.34. The van der Waals surface area contributed by atoms with Crippen molar-refractivity contribution in [2.75, 3.05) is 11.9 Å². The van der Waals surface area contributed by atoms with Gasteiger partial charge in [-0.25, -0.2) is 9.37 Å². The van der Waals surface area contributed by atoms with Crippen molar-refractivity contribution >= 4 is 22.5 Å². The molecular formula is C18H16FN3O2. The summed E-state index contributed by atoms with van der Waals surface area (Å²) < 4.78 is 15.0. The number of halogens is 1. The van der Waals surface area contributed by atoms with E-state index in [0.29, 0.717) is 10.9 Å². The van der Waals surface area contributed by atoms with Gasteiger partial charge in [0.2, 0.25) is 5.91 Å². The third kappa shape index (κ3) is 2.78. The molecule has 3 rings (SSSR count). The van der Waals surface area contributed by atoms with E-state index in [1.165, 1.54) is 35.0 Å². The topological polar surface area (TPSA) is 55.2 Å². The highest BCUT2D eigenvalue weighted by Crippen LogP contribution is 2.17. The van der Waals surface area contributed by atoms with Gasteiger partial charge in [0, 0.05) is 7.05 Å². The van der Waals surface area contributed by atoms with Crippen LogP contribution in [-0.4, -0.2) is 22.5 Å². The van der Waals surface area contributed by atoms with Gasteiger partial charge in [0.05, 0.1) is 22.9 Å². The van der Waals surface area contributed by atoms with Crippen LogP contribution in [0.1, 0.15) is 5.56 Å². The Labute approximate surface area is 138 Å². The standard InChI is InChI=1S/C18H16FN3O2/c1-12-6-5-7-13-17(12)20-11-22(18(13)24)10-16(23)21(2)15-9-4-3-8-14(15)19/h3-9,11H,10H2,1-2H3. The summed E-state index contributed by atoms with van der Waals surface area (Å²) >= 11 is 0. The first-order chi connectivity index (χ1) is 11.5. The molecule has 0 atom stereocenters. The van der Waals surface area contributed by atoms with Crippen molar-refractivity contribution in [2.24, 2.45) is 0 Å². The van der Waals surface area contributed by atoms with Gasteiger partial charge in [-0.15, -0.1) is 0 Å². The van der Waals surface area contributed by atoms with Crippen LogP contribution in [0, 0.1) is 12.7 Å². The molecule has 1 amide bonds. The Bertz CT molecular complexity index is 981. The average molecular weight is 325 g/mol. The van der Waals surface area contributed by atoms with Crippen molar-refractivity contribution in [3.8, 4) is 0 Å². The van der Waals surface area contributed by atoms with Crippen LogP contribution in [0.2, 0.25) is 0 Å². The van der Waals surface area contributed by atoms with Gasteiger partial charge in [0.1, 0.15) is 12.4 Å². The summed E-state index contributed by atoms with van der Waals surface area (Å²) in [5.74, 6) is -0.899. The van der Waals surface area contributed by atoms with Crippen LogP contribution >= 0.6 is 0 Å². The van der Waals surface area contributed by atoms with Gasteiger partial charge >= 0.3 is 0 Å². The fourth-order valence-electron chi connectivity index (χ4n) is 2.56. The van der Waals surface area contributed by atoms with E-state index in [-0.39, 0.29) is 17.8 Å². The predicted molar refractivity (Wildman–Crippen MR) is 90.6 cm³/mol. The first-order valence-electron chi connectivity index (χ1n) is 7.45. The van der Waals surface area contributed by atoms with Gasteiger partial charge in [0.15, 0.2) is 0 Å². The summed E-state index contributed by atoms with van der Waals surface area (Å²) in [6.45, 7) is 1.66. The van der Waals surface area contributed by atoms with Crippen LogP contribution in [0.5, 0.6) is 0 Å². The maximum absolute atomic E-state index is 13.8. The normalized spacial score (nSPS) is 10.8. The molecule has 3 aromatic rings. The van der Waals surface area contributed by atoms with E-state index in [4.69, 9.17) is 0 Å². The van der Waals surface area contributed by atoms with Crippen molar-refractivity contribution in [3.05, 3.63) is 70.5 Å². The van der Waals surface area contributed by atoms with E-state index in [1.54, 1.807) is 24.3 Å². The van der Waals surface area contributed by atoms with Gasteiger partial charge < -0.3 is 4.90 Å². The Morgan fingerprint density at radius 1 is 1.21 bits per heavy atom. The fourth-order valence-corrected chi connectivity index (χ4v) is 2.56. The van der Waals surface area contributed by atoms with E-state index in [1.807, 2.05) is 13.0 Å². The maximum Gasteiger partial charge on any atom is 0.261 e. The Morgan fingerprint density at radius 3 is 2.71 bits per heavy atom. The second-order valence-corrected chi connectivity index (χ2v) is 5.55. The van der Waals surface area contributed by atoms with Crippen molar-refractivity contribution < 1.29 is 9.18 Å². The first kappa shape index (κ1) is 15.9. The van der Waals surface area contributed by atoms with Crippen molar-refractivity contribution in [1.29, 1.82) is 0 Å². The number of fused-ring (bicyclic) bond motifs is 1. The number of likely N-dealkylation sites (N-methyl/N-ethyl adjacent to an activating group) is 1. The van der Waals surface area contributed by atoms with Gasteiger partial charge in [-0.2, -0.15) is 0 Å². The molecule has 0 aliphatic carbocycles. The van der Waals surface area contributed by atoms with Crippen LogP contribution < -0.4 is 10.5 Å². The largest absolute Gasteiger partial charge is 0.311 e. The summed E-state index contributed by atoms with van der Waals surface area (Å²) in [6.07, 6.45) is 1.35. The Kier molecular flexibility index (Phi) is 4.12. The molecule has 0 fully saturated rings. The van der Waals surface area contributed by atoms with Crippen LogP contribution in [0.25, 0.3) is 10.9 Å². The number of aromatic nitrogens is 2. The third-order valence-corrected chi connectivity index (χ3v) is 3.95. The molecule has 0 radical (unpaired) electrons. The minimum Gasteiger partial charge on any atom is -0.311 e. The van der Waals surface area contributed by atoms with Crippen LogP contribution in [-0.2, 0) is 11.3 Å². The van der Waals surface area contributed by atoms with Gasteiger partial charge in [0.25, 0.3) is 5.56 Å². The molecule has 2 aromatic carbocycles. The number of aryl methyl sites for hydroxylation is 1. The molecule has 6 heteroatoms. The zero-order valence-corrected chi connectivity index (χ0v) is 13.4. The number of rotatable bonds is 3. The highest BCUT2D eigenvalue weighted by atomic mass is 19.1. The van der Waals surface area contributed by atoms with Crippen LogP contribution in [0.4, 0.5) is 10.1 Å². The Balaban J connectivity index is 1.93. The summed E-state index contributed by atoms with van der Waals surface area (Å²) in [4.78, 5) is 30.4. The molecule has 1 heterocycles. The zero-order valence-electron chi connectivity index (χ0n) is 13.4. The van der Waals surface area contributed by atoms with E-state index < -0.39 is 11.7 Å². The van der Waals surface area contributed by atoms with E-state index in [0.717, 1.165) is 5.56 Å². The number of anilines is 1. The quantitative estimate of drug-likeness (QED) is 0.743. The molecule has 0 saturated carbocycles. The molecule has 0 bridgehead atoms. The SMILES string of the molecule is Cc1cccc2c(=O)n(CC(=O)N(C)c3ccccc3F)cnc12. The lowest BCUT2D eigenvalue weighted by atomic mass is 10.1. The summed E-state index contributed by atoms with van der Waals surface area (Å²) in [5.41, 5.74) is 1.39. The number of hydrogen-bond donors (Lipinski definition) is 0. The maximum atomic E-state index is 13.8. The number of benzene rings is 2. The van der Waals surface area contributed by atoms with Gasteiger partial charge in [-0.1, -0.05) is 24.3 Å². The Hall–Kier alpha value is -3.02. The highest BCUT2D eigenvalue weighted by molar-refractivity contribution is 5.93. The average Bonchev–Trinajstić information content (AvgIpc) is 2.57. The van der Waals surface area contributed by atoms with E-state index in [2.05, 4.69) is 4.98 Å². The number of carbonyl (C=O) groups is 1. The zero-order chi connectivity index (χ0) is 17.3. The number of carbonyl (C=O) groups excluding carboxylic acids is 1. The number of para-hydroxylation sites is 2. The summed E-state index contributed by atoms with van der Waals surface area (Å²) in [6, 6.07) is 11.3. The van der Waals surface area contributed by atoms with E-state index in [9.17, 15) is 14.0 Å². The molecule has 1 aromatic heterocycles. The van der Waals surface area contributed by atoms with Crippen molar-refractivity contribution in [2.45, 2.75) is 13.5 Å². The minimum absolute atomic E-state index is 0.167. The van der Waals surface area contributed by atoms with Gasteiger partial charge in [-0.3, -0.25) is 14.2 Å². The molecule has 0 unspecified atom stereocenters. The lowest BCUT2D eigenvalue weighted by Gasteiger charge is -2.18. The monoisotopic (exact) mass is 325 g/mol. The number of hydrogen-bond acceptors (Lipinski definition) is 3. The Morgan fingerprint density at radius 2 is 1.96 bits per heavy atom. The lowest BCUT2D eigenvalue weighted by molar-refractivity contribution is -0.119. The second kappa shape index (κ2) is 6.23. The molecule has 0 spiro atoms. The fraction of sp³-hybridized carbons (Fsp3) is 0.167.